The van der Waals surface area contributed by atoms with Crippen LogP contribution in [0.4, 0.5) is 5.82 Å². The summed E-state index contributed by atoms with van der Waals surface area (Å²) in [6, 6.07) is 18.9. The topological polar surface area (TPSA) is 93.5 Å². The zero-order valence-electron chi connectivity index (χ0n) is 18.2. The van der Waals surface area contributed by atoms with Crippen molar-refractivity contribution in [1.82, 2.24) is 25.1 Å². The molecular weight excluding hydrogens is 410 g/mol. The van der Waals surface area contributed by atoms with Crippen LogP contribution in [0, 0.1) is 0 Å². The summed E-state index contributed by atoms with van der Waals surface area (Å²) in [6.45, 7) is 2.09. The van der Waals surface area contributed by atoms with E-state index in [-0.39, 0.29) is 12.1 Å². The fourth-order valence-electron chi connectivity index (χ4n) is 4.48. The van der Waals surface area contributed by atoms with Crippen molar-refractivity contribution in [2.75, 3.05) is 5.73 Å². The van der Waals surface area contributed by atoms with E-state index in [9.17, 15) is 0 Å². The van der Waals surface area contributed by atoms with Crippen molar-refractivity contribution < 1.29 is 0 Å². The third-order valence-electron chi connectivity index (χ3n) is 6.15. The molecule has 2 aromatic carbocycles. The van der Waals surface area contributed by atoms with Crippen molar-refractivity contribution in [2.24, 2.45) is 4.99 Å². The van der Waals surface area contributed by atoms with Gasteiger partial charge in [0.2, 0.25) is 0 Å². The fraction of sp³-hybridized carbons (Fsp3) is 0.154. The molecule has 33 heavy (non-hydrogen) atoms. The van der Waals surface area contributed by atoms with E-state index in [0.717, 1.165) is 34.4 Å². The zero-order valence-corrected chi connectivity index (χ0v) is 18.2. The maximum Gasteiger partial charge on any atom is 0.187 e. The molecule has 162 valence electrons. The second-order valence-electron chi connectivity index (χ2n) is 8.20. The molecule has 6 rings (SSSR count). The number of nitrogens with one attached hydrogen (secondary N) is 1. The number of fused-ring (bicyclic) bond motifs is 2. The Labute approximate surface area is 191 Å². The number of nitrogen functional groups attached to an aromatic ring is 1. The minimum atomic E-state index is 0.0435. The molecule has 0 amide bonds. The van der Waals surface area contributed by atoms with Gasteiger partial charge in [0.25, 0.3) is 0 Å². The van der Waals surface area contributed by atoms with Crippen LogP contribution in [0.15, 0.2) is 83.9 Å². The summed E-state index contributed by atoms with van der Waals surface area (Å²) in [5.41, 5.74) is 13.0. The van der Waals surface area contributed by atoms with Crippen molar-refractivity contribution >= 4 is 17.3 Å². The van der Waals surface area contributed by atoms with Crippen LogP contribution in [0.3, 0.4) is 0 Å². The molecule has 2 aromatic heterocycles. The van der Waals surface area contributed by atoms with Crippen LogP contribution in [0.25, 0.3) is 27.9 Å². The highest BCUT2D eigenvalue weighted by molar-refractivity contribution is 6.02. The van der Waals surface area contributed by atoms with Gasteiger partial charge in [-0.15, -0.1) is 10.2 Å². The Morgan fingerprint density at radius 3 is 2.55 bits per heavy atom. The van der Waals surface area contributed by atoms with Crippen molar-refractivity contribution in [3.8, 4) is 22.3 Å². The minimum Gasteiger partial charge on any atom is -0.382 e. The van der Waals surface area contributed by atoms with E-state index in [1.54, 1.807) is 4.52 Å². The number of aromatic nitrogens is 4. The van der Waals surface area contributed by atoms with Crippen molar-refractivity contribution in [1.29, 1.82) is 0 Å². The van der Waals surface area contributed by atoms with Gasteiger partial charge in [0, 0.05) is 0 Å². The number of nitrogens with zero attached hydrogens (tertiary/aromatic N) is 5. The predicted molar refractivity (Wildman–Crippen MR) is 131 cm³/mol. The van der Waals surface area contributed by atoms with E-state index in [1.165, 1.54) is 0 Å². The van der Waals surface area contributed by atoms with E-state index < -0.39 is 0 Å². The smallest absolute Gasteiger partial charge is 0.187 e. The normalized spacial score (nSPS) is 18.9. The van der Waals surface area contributed by atoms with Crippen LogP contribution in [0.1, 0.15) is 18.3 Å². The van der Waals surface area contributed by atoms with Gasteiger partial charge in [0.05, 0.1) is 23.3 Å². The molecule has 2 unspecified atom stereocenters. The van der Waals surface area contributed by atoms with E-state index in [4.69, 9.17) is 15.8 Å². The lowest BCUT2D eigenvalue weighted by Gasteiger charge is -2.13. The quantitative estimate of drug-likeness (QED) is 0.510. The molecule has 2 aliphatic rings. The maximum atomic E-state index is 6.57. The van der Waals surface area contributed by atoms with E-state index in [0.29, 0.717) is 23.0 Å². The highest BCUT2D eigenvalue weighted by Gasteiger charge is 2.30. The van der Waals surface area contributed by atoms with Crippen LogP contribution in [0.5, 0.6) is 0 Å². The highest BCUT2D eigenvalue weighted by Crippen LogP contribution is 2.32. The zero-order chi connectivity index (χ0) is 22.4. The third kappa shape index (κ3) is 3.20. The Morgan fingerprint density at radius 1 is 0.939 bits per heavy atom. The molecule has 0 saturated carbocycles. The molecular formula is C26H23N7. The first-order valence-corrected chi connectivity index (χ1v) is 11.1. The molecule has 0 bridgehead atoms. The van der Waals surface area contributed by atoms with Gasteiger partial charge < -0.3 is 11.1 Å². The standard InChI is InChI=1S/C26H23N7/c1-2-19-22(18-12-8-11-17(15-18)16-9-4-3-5-10-16)26-31-30-23(24(27)33(26)32-19)25-28-20-13-6-7-14-21(20)29-25/h3-15,20-21H,2,27H2,1H3,(H,28,29). The summed E-state index contributed by atoms with van der Waals surface area (Å²) in [6.07, 6.45) is 8.92. The first-order valence-electron chi connectivity index (χ1n) is 11.1. The highest BCUT2D eigenvalue weighted by atomic mass is 15.3. The summed E-state index contributed by atoms with van der Waals surface area (Å²) < 4.78 is 1.70. The average Bonchev–Trinajstić information content (AvgIpc) is 3.47. The first-order chi connectivity index (χ1) is 16.2. The Morgan fingerprint density at radius 2 is 1.73 bits per heavy atom. The van der Waals surface area contributed by atoms with Crippen LogP contribution in [-0.2, 0) is 6.42 Å². The Hall–Kier alpha value is -4.26. The van der Waals surface area contributed by atoms with Crippen molar-refractivity contribution in [3.63, 3.8) is 0 Å². The number of allylic oxidation sites excluding steroid dienone is 2. The number of hydrogen-bond donors (Lipinski definition) is 2. The lowest BCUT2D eigenvalue weighted by Crippen LogP contribution is -2.34. The number of aliphatic imine (C=N–C) groups is 1. The lowest BCUT2D eigenvalue weighted by molar-refractivity contribution is 0.694. The molecule has 0 radical (unpaired) electrons. The molecule has 3 N–H and O–H groups in total. The predicted octanol–water partition coefficient (Wildman–Crippen LogP) is 3.82. The second-order valence-corrected chi connectivity index (χ2v) is 8.20. The number of nitrogens with two attached hydrogens (primary N) is 1. The summed E-state index contributed by atoms with van der Waals surface area (Å²) in [5.74, 6) is 1.08. The third-order valence-corrected chi connectivity index (χ3v) is 6.15. The van der Waals surface area contributed by atoms with Crippen LogP contribution < -0.4 is 11.1 Å². The number of hydrogen-bond acceptors (Lipinski definition) is 6. The second kappa shape index (κ2) is 7.70. The lowest BCUT2D eigenvalue weighted by atomic mass is 9.98. The van der Waals surface area contributed by atoms with Gasteiger partial charge in [0.15, 0.2) is 23.0 Å². The Kier molecular flexibility index (Phi) is 4.54. The number of rotatable bonds is 4. The van der Waals surface area contributed by atoms with Crippen LogP contribution in [-0.4, -0.2) is 37.7 Å². The molecule has 0 fully saturated rings. The summed E-state index contributed by atoms with van der Waals surface area (Å²) in [4.78, 5) is 4.74. The van der Waals surface area contributed by atoms with E-state index in [2.05, 4.69) is 71.0 Å². The van der Waals surface area contributed by atoms with Gasteiger partial charge in [-0.05, 0) is 29.2 Å². The van der Waals surface area contributed by atoms with Crippen LogP contribution in [0.2, 0.25) is 0 Å². The molecule has 1 aliphatic carbocycles. The van der Waals surface area contributed by atoms with Gasteiger partial charge in [0.1, 0.15) is 0 Å². The van der Waals surface area contributed by atoms with Crippen molar-refractivity contribution in [3.05, 3.63) is 90.3 Å². The van der Waals surface area contributed by atoms with Crippen molar-refractivity contribution in [2.45, 2.75) is 25.4 Å². The van der Waals surface area contributed by atoms with Gasteiger partial charge in [-0.25, -0.2) is 0 Å². The summed E-state index contributed by atoms with van der Waals surface area (Å²) >= 11 is 0. The van der Waals surface area contributed by atoms with Gasteiger partial charge in [-0.1, -0.05) is 79.8 Å². The van der Waals surface area contributed by atoms with E-state index in [1.807, 2.05) is 30.4 Å². The molecule has 2 atom stereocenters. The number of amidine groups is 1. The van der Waals surface area contributed by atoms with Gasteiger partial charge in [-0.2, -0.15) is 9.61 Å². The SMILES string of the molecule is CCc1nn2c(N)c(C3=NC4C=CC=CC4N3)nnc2c1-c1cccc(-c2ccccc2)c1. The monoisotopic (exact) mass is 433 g/mol. The molecule has 7 heteroatoms. The molecule has 1 aliphatic heterocycles. The molecule has 0 saturated heterocycles. The number of benzene rings is 2. The average molecular weight is 434 g/mol. The van der Waals surface area contributed by atoms with E-state index >= 15 is 0 Å². The summed E-state index contributed by atoms with van der Waals surface area (Å²) in [7, 11) is 0. The molecule has 0 spiro atoms. The minimum absolute atomic E-state index is 0.0435. The van der Waals surface area contributed by atoms with Crippen LogP contribution >= 0.6 is 0 Å². The molecule has 3 heterocycles. The molecule has 7 nitrogen and oxygen atoms in total. The first kappa shape index (κ1) is 19.4. The Bertz CT molecular complexity index is 1450. The largest absolute Gasteiger partial charge is 0.382 e. The van der Waals surface area contributed by atoms with Gasteiger partial charge >= 0.3 is 0 Å². The fourth-order valence-corrected chi connectivity index (χ4v) is 4.48. The van der Waals surface area contributed by atoms with Gasteiger partial charge in [-0.3, -0.25) is 4.99 Å². The number of anilines is 1. The molecule has 4 aromatic rings. The maximum absolute atomic E-state index is 6.57. The number of aryl methyl sites for hydroxylation is 1. The summed E-state index contributed by atoms with van der Waals surface area (Å²) in [5, 5.41) is 17.3. The Balaban J connectivity index is 1.46.